The molecule has 0 aliphatic carbocycles. The van der Waals surface area contributed by atoms with Crippen molar-refractivity contribution in [3.05, 3.63) is 5.82 Å². The molecular formula is C8H13N3OS. The van der Waals surface area contributed by atoms with Crippen molar-refractivity contribution >= 4 is 16.7 Å². The van der Waals surface area contributed by atoms with Gasteiger partial charge in [-0.2, -0.15) is 4.37 Å². The van der Waals surface area contributed by atoms with Crippen molar-refractivity contribution in [1.82, 2.24) is 9.36 Å². The Morgan fingerprint density at radius 1 is 1.62 bits per heavy atom. The molecule has 4 nitrogen and oxygen atoms in total. The third kappa shape index (κ3) is 1.53. The average Bonchev–Trinajstić information content (AvgIpc) is 2.46. The van der Waals surface area contributed by atoms with E-state index in [2.05, 4.69) is 14.3 Å². The number of rotatable bonds is 2. The molecule has 1 saturated heterocycles. The molecule has 1 fully saturated rings. The third-order valence-corrected chi connectivity index (χ3v) is 3.28. The van der Waals surface area contributed by atoms with Crippen molar-refractivity contribution in [3.8, 4) is 0 Å². The Balaban J connectivity index is 2.01. The van der Waals surface area contributed by atoms with Crippen LogP contribution in [0.1, 0.15) is 19.2 Å². The highest BCUT2D eigenvalue weighted by atomic mass is 32.1. The molecule has 0 spiro atoms. The highest BCUT2D eigenvalue weighted by molar-refractivity contribution is 7.09. The molecule has 1 aromatic heterocycles. The van der Waals surface area contributed by atoms with Crippen LogP contribution in [0.2, 0.25) is 0 Å². The number of aryl methyl sites for hydroxylation is 1. The van der Waals surface area contributed by atoms with E-state index in [0.29, 0.717) is 13.1 Å². The first-order chi connectivity index (χ1) is 6.13. The Kier molecular flexibility index (Phi) is 2.00. The summed E-state index contributed by atoms with van der Waals surface area (Å²) in [7, 11) is 0. The van der Waals surface area contributed by atoms with Crippen LogP contribution in [0.25, 0.3) is 0 Å². The Bertz CT molecular complexity index is 306. The molecule has 1 aliphatic heterocycles. The van der Waals surface area contributed by atoms with Crippen LogP contribution in [0.5, 0.6) is 0 Å². The van der Waals surface area contributed by atoms with E-state index in [9.17, 15) is 5.11 Å². The van der Waals surface area contributed by atoms with Crippen LogP contribution in [0.3, 0.4) is 0 Å². The van der Waals surface area contributed by atoms with E-state index in [1.54, 1.807) is 0 Å². The zero-order valence-electron chi connectivity index (χ0n) is 7.82. The summed E-state index contributed by atoms with van der Waals surface area (Å²) in [5.41, 5.74) is -0.487. The van der Waals surface area contributed by atoms with Gasteiger partial charge in [0.05, 0.1) is 18.7 Å². The van der Waals surface area contributed by atoms with E-state index >= 15 is 0 Å². The third-order valence-electron chi connectivity index (χ3n) is 2.42. The van der Waals surface area contributed by atoms with Gasteiger partial charge in [-0.3, -0.25) is 0 Å². The van der Waals surface area contributed by atoms with E-state index in [0.717, 1.165) is 17.4 Å². The fraction of sp³-hybridized carbons (Fsp3) is 0.750. The van der Waals surface area contributed by atoms with E-state index in [1.165, 1.54) is 11.5 Å². The number of hydrogen-bond acceptors (Lipinski definition) is 5. The molecule has 13 heavy (non-hydrogen) atoms. The van der Waals surface area contributed by atoms with Crippen molar-refractivity contribution in [3.63, 3.8) is 0 Å². The fourth-order valence-electron chi connectivity index (χ4n) is 1.44. The van der Waals surface area contributed by atoms with Crippen LogP contribution in [-0.2, 0) is 0 Å². The van der Waals surface area contributed by atoms with Gasteiger partial charge in [-0.05, 0) is 13.3 Å². The molecule has 0 bridgehead atoms. The van der Waals surface area contributed by atoms with Gasteiger partial charge in [0.15, 0.2) is 0 Å². The van der Waals surface area contributed by atoms with Gasteiger partial charge in [-0.1, -0.05) is 6.92 Å². The second-order valence-electron chi connectivity index (χ2n) is 3.56. The lowest BCUT2D eigenvalue weighted by Crippen LogP contribution is -2.61. The predicted octanol–water partition coefficient (Wildman–Crippen LogP) is 0.808. The molecule has 0 radical (unpaired) electrons. The zero-order chi connectivity index (χ0) is 9.47. The molecule has 1 aliphatic rings. The number of hydrogen-bond donors (Lipinski definition) is 1. The number of aliphatic hydroxyl groups is 1. The van der Waals surface area contributed by atoms with Crippen LogP contribution in [0.15, 0.2) is 0 Å². The van der Waals surface area contributed by atoms with Crippen LogP contribution in [0.4, 0.5) is 5.13 Å². The second kappa shape index (κ2) is 2.92. The fourth-order valence-corrected chi connectivity index (χ4v) is 2.11. The monoisotopic (exact) mass is 199 g/mol. The highest BCUT2D eigenvalue weighted by Crippen LogP contribution is 2.30. The lowest BCUT2D eigenvalue weighted by atomic mass is 9.92. The van der Waals surface area contributed by atoms with Gasteiger partial charge in [-0.25, -0.2) is 4.98 Å². The van der Waals surface area contributed by atoms with Gasteiger partial charge in [0.1, 0.15) is 5.82 Å². The molecule has 2 rings (SSSR count). The molecule has 0 aromatic carbocycles. The predicted molar refractivity (Wildman–Crippen MR) is 52.1 cm³/mol. The highest BCUT2D eigenvalue weighted by Gasteiger charge is 2.40. The summed E-state index contributed by atoms with van der Waals surface area (Å²) in [6.07, 6.45) is 0.807. The minimum absolute atomic E-state index is 0.487. The second-order valence-corrected chi connectivity index (χ2v) is 4.29. The van der Waals surface area contributed by atoms with Gasteiger partial charge >= 0.3 is 0 Å². The summed E-state index contributed by atoms with van der Waals surface area (Å²) in [6, 6.07) is 0. The van der Waals surface area contributed by atoms with Crippen LogP contribution in [0, 0.1) is 6.92 Å². The van der Waals surface area contributed by atoms with E-state index < -0.39 is 5.60 Å². The first-order valence-electron chi connectivity index (χ1n) is 4.40. The van der Waals surface area contributed by atoms with Gasteiger partial charge < -0.3 is 10.0 Å². The topological polar surface area (TPSA) is 49.2 Å². The summed E-state index contributed by atoms with van der Waals surface area (Å²) >= 11 is 1.40. The van der Waals surface area contributed by atoms with E-state index in [-0.39, 0.29) is 0 Å². The van der Waals surface area contributed by atoms with Crippen molar-refractivity contribution in [1.29, 1.82) is 0 Å². The lowest BCUT2D eigenvalue weighted by Gasteiger charge is -2.45. The van der Waals surface area contributed by atoms with E-state index in [1.807, 2.05) is 13.8 Å². The van der Waals surface area contributed by atoms with Crippen molar-refractivity contribution in [2.45, 2.75) is 25.9 Å². The molecule has 1 N–H and O–H groups in total. The number of anilines is 1. The van der Waals surface area contributed by atoms with Crippen LogP contribution < -0.4 is 4.90 Å². The molecular weight excluding hydrogens is 186 g/mol. The largest absolute Gasteiger partial charge is 0.386 e. The maximum Gasteiger partial charge on any atom is 0.205 e. The van der Waals surface area contributed by atoms with Crippen LogP contribution >= 0.6 is 11.5 Å². The quantitative estimate of drug-likeness (QED) is 0.765. The Labute approximate surface area is 81.4 Å². The average molecular weight is 199 g/mol. The first kappa shape index (κ1) is 8.90. The normalized spacial score (nSPS) is 20.1. The minimum Gasteiger partial charge on any atom is -0.386 e. The summed E-state index contributed by atoms with van der Waals surface area (Å²) < 4.78 is 4.10. The van der Waals surface area contributed by atoms with Gasteiger partial charge in [-0.15, -0.1) is 0 Å². The van der Waals surface area contributed by atoms with Crippen molar-refractivity contribution < 1.29 is 5.11 Å². The molecule has 0 atom stereocenters. The summed E-state index contributed by atoms with van der Waals surface area (Å²) in [5.74, 6) is 0.812. The van der Waals surface area contributed by atoms with Crippen molar-refractivity contribution in [2.75, 3.05) is 18.0 Å². The summed E-state index contributed by atoms with van der Waals surface area (Å²) in [6.45, 7) is 5.27. The standard InChI is InChI=1S/C8H13N3OS/c1-3-8(12)4-11(5-8)7-9-6(2)10-13-7/h12H,3-5H2,1-2H3. The first-order valence-corrected chi connectivity index (χ1v) is 5.18. The molecule has 0 unspecified atom stereocenters. The SMILES string of the molecule is CCC1(O)CN(c2nc(C)ns2)C1. The number of nitrogens with zero attached hydrogens (tertiary/aromatic N) is 3. The van der Waals surface area contributed by atoms with Gasteiger partial charge in [0.2, 0.25) is 5.13 Å². The Hall–Kier alpha value is -0.680. The minimum atomic E-state index is -0.487. The summed E-state index contributed by atoms with van der Waals surface area (Å²) in [4.78, 5) is 6.32. The smallest absolute Gasteiger partial charge is 0.205 e. The molecule has 72 valence electrons. The number of aromatic nitrogens is 2. The number of β-amino-alcohol motifs (C(OH)–C–C–N with tert-alkyl or cyclic N) is 1. The maximum absolute atomic E-state index is 9.77. The lowest BCUT2D eigenvalue weighted by molar-refractivity contribution is 0.00850. The molecule has 1 aromatic rings. The Morgan fingerprint density at radius 3 is 2.77 bits per heavy atom. The zero-order valence-corrected chi connectivity index (χ0v) is 8.63. The van der Waals surface area contributed by atoms with Crippen molar-refractivity contribution in [2.24, 2.45) is 0 Å². The molecule has 5 heteroatoms. The van der Waals surface area contributed by atoms with Gasteiger partial charge in [0.25, 0.3) is 0 Å². The molecule has 0 amide bonds. The maximum atomic E-state index is 9.77. The Morgan fingerprint density at radius 2 is 2.31 bits per heavy atom. The molecule has 0 saturated carbocycles. The van der Waals surface area contributed by atoms with E-state index in [4.69, 9.17) is 0 Å². The molecule has 2 heterocycles. The van der Waals surface area contributed by atoms with Crippen LogP contribution in [-0.4, -0.2) is 33.2 Å². The van der Waals surface area contributed by atoms with Gasteiger partial charge in [0, 0.05) is 11.5 Å². The summed E-state index contributed by atoms with van der Waals surface area (Å²) in [5, 5.41) is 10.7.